The summed E-state index contributed by atoms with van der Waals surface area (Å²) < 4.78 is 7.51. The molecule has 0 saturated heterocycles. The molecule has 0 aliphatic carbocycles. The van der Waals surface area contributed by atoms with Gasteiger partial charge in [-0.2, -0.15) is 0 Å². The summed E-state index contributed by atoms with van der Waals surface area (Å²) in [5, 5.41) is 21.2. The lowest BCUT2D eigenvalue weighted by molar-refractivity contribution is -0.929. The number of aryl methyl sites for hydroxylation is 3. The Labute approximate surface area is 404 Å². The average Bonchev–Trinajstić information content (AvgIpc) is 3.31. The van der Waals surface area contributed by atoms with Crippen molar-refractivity contribution in [2.45, 2.75) is 210 Å². The summed E-state index contributed by atoms with van der Waals surface area (Å²) in [4.78, 5) is 0. The first-order valence-electron chi connectivity index (χ1n) is 27.3. The van der Waals surface area contributed by atoms with E-state index in [1.54, 1.807) is 0 Å². The van der Waals surface area contributed by atoms with E-state index in [-0.39, 0.29) is 12.0 Å². The highest BCUT2D eigenvalue weighted by atomic mass is 16.6. The number of benzene rings is 3. The number of hydrogen-bond acceptors (Lipinski definition) is 3. The maximum absolute atomic E-state index is 10.6. The van der Waals surface area contributed by atoms with Crippen LogP contribution < -0.4 is 10.0 Å². The van der Waals surface area contributed by atoms with Gasteiger partial charge in [0, 0.05) is 12.0 Å². The van der Waals surface area contributed by atoms with Crippen LogP contribution in [0.15, 0.2) is 72.8 Å². The zero-order chi connectivity index (χ0) is 48.2. The fourth-order valence-corrected chi connectivity index (χ4v) is 10.1. The molecule has 3 rings (SSSR count). The third-order valence-corrected chi connectivity index (χ3v) is 14.2. The van der Waals surface area contributed by atoms with Crippen molar-refractivity contribution in [3.8, 4) is 0 Å². The number of rotatable bonds is 34. The summed E-state index contributed by atoms with van der Waals surface area (Å²) in [6.45, 7) is 36.8. The Hall–Kier alpha value is -2.48. The standard InChI is InChI=1S/C27H31BO3.2C16H36N/c1-21-13-5-8-16-24(21)27(25-17-9-6-14-22(25)2,26-18-10-7-15-23(26)3)19-11-4-12-20-31-28(29)30;2*1-5-9-13-17(14-10-6-2,15-11-7-3)16-12-8-4/h5-10,13-18H,4,11-12,19-20H2,1-3H3;2*5-16H2,1-4H3/q-2;2*+1. The number of unbranched alkanes of at least 4 members (excludes halogenated alkanes) is 10. The Bertz CT molecular complexity index is 1350. The van der Waals surface area contributed by atoms with Gasteiger partial charge in [-0.25, -0.2) is 0 Å². The fourth-order valence-electron chi connectivity index (χ4n) is 10.1. The molecule has 0 fully saturated rings. The lowest BCUT2D eigenvalue weighted by Gasteiger charge is -2.39. The van der Waals surface area contributed by atoms with Crippen LogP contribution in [0.2, 0.25) is 0 Å². The van der Waals surface area contributed by atoms with Crippen molar-refractivity contribution in [2.24, 2.45) is 0 Å². The molecule has 0 heterocycles. The van der Waals surface area contributed by atoms with Gasteiger partial charge in [-0.1, -0.05) is 192 Å². The van der Waals surface area contributed by atoms with Gasteiger partial charge in [-0.3, -0.25) is 0 Å². The largest absolute Gasteiger partial charge is 0.871 e. The smallest absolute Gasteiger partial charge is 0.0786 e. The summed E-state index contributed by atoms with van der Waals surface area (Å²) in [5.74, 6) is 0. The van der Waals surface area contributed by atoms with Crippen LogP contribution in [0.25, 0.3) is 0 Å². The molecular formula is C59H103BN2O3. The third kappa shape index (κ3) is 22.5. The highest BCUT2D eigenvalue weighted by Gasteiger charge is 2.39. The van der Waals surface area contributed by atoms with Crippen LogP contribution >= 0.6 is 0 Å². The van der Waals surface area contributed by atoms with Gasteiger partial charge in [-0.05, 0) is 118 Å². The van der Waals surface area contributed by atoms with Crippen LogP contribution in [-0.4, -0.2) is 75.3 Å². The van der Waals surface area contributed by atoms with E-state index in [1.807, 2.05) is 0 Å². The van der Waals surface area contributed by atoms with Crippen LogP contribution in [0.3, 0.4) is 0 Å². The molecule has 0 aromatic heterocycles. The molecule has 0 unspecified atom stereocenters. The molecule has 3 aromatic carbocycles. The van der Waals surface area contributed by atoms with Crippen LogP contribution in [-0.2, 0) is 10.1 Å². The van der Waals surface area contributed by atoms with E-state index in [2.05, 4.69) is 154 Å². The van der Waals surface area contributed by atoms with Crippen molar-refractivity contribution in [1.29, 1.82) is 0 Å². The summed E-state index contributed by atoms with van der Waals surface area (Å²) in [6.07, 6.45) is 25.6. The molecule has 0 atom stereocenters. The molecule has 0 amide bonds. The second-order valence-electron chi connectivity index (χ2n) is 19.6. The van der Waals surface area contributed by atoms with Gasteiger partial charge in [0.1, 0.15) is 0 Å². The predicted octanol–water partition coefficient (Wildman–Crippen LogP) is 14.2. The Morgan fingerprint density at radius 1 is 0.385 bits per heavy atom. The molecule has 0 aliphatic heterocycles. The molecule has 3 aromatic rings. The second kappa shape index (κ2) is 36.6. The molecular weight excluding hydrogens is 795 g/mol. The zero-order valence-corrected chi connectivity index (χ0v) is 44.6. The number of hydrogen-bond donors (Lipinski definition) is 0. The Morgan fingerprint density at radius 2 is 0.646 bits per heavy atom. The van der Waals surface area contributed by atoms with Gasteiger partial charge >= 0.3 is 0 Å². The average molecular weight is 899 g/mol. The van der Waals surface area contributed by atoms with Crippen LogP contribution in [0.4, 0.5) is 0 Å². The first-order valence-corrected chi connectivity index (χ1v) is 27.3. The molecule has 6 heteroatoms. The molecule has 0 saturated carbocycles. The zero-order valence-electron chi connectivity index (χ0n) is 44.6. The molecule has 0 radical (unpaired) electrons. The van der Waals surface area contributed by atoms with Gasteiger partial charge in [-0.15, -0.1) is 0 Å². The van der Waals surface area contributed by atoms with Crippen molar-refractivity contribution < 1.29 is 23.7 Å². The summed E-state index contributed by atoms with van der Waals surface area (Å²) in [7, 11) is -2.19. The summed E-state index contributed by atoms with van der Waals surface area (Å²) in [6, 6.07) is 26.0. The molecule has 65 heavy (non-hydrogen) atoms. The highest BCUT2D eigenvalue weighted by Crippen LogP contribution is 2.47. The van der Waals surface area contributed by atoms with Gasteiger partial charge < -0.3 is 23.7 Å². The van der Waals surface area contributed by atoms with E-state index in [1.165, 1.54) is 197 Å². The van der Waals surface area contributed by atoms with Gasteiger partial charge in [0.25, 0.3) is 0 Å². The number of quaternary nitrogens is 2. The minimum atomic E-state index is -2.19. The van der Waals surface area contributed by atoms with Gasteiger partial charge in [0.2, 0.25) is 0 Å². The van der Waals surface area contributed by atoms with Crippen LogP contribution in [0.1, 0.15) is 217 Å². The first kappa shape index (κ1) is 60.5. The van der Waals surface area contributed by atoms with Crippen molar-refractivity contribution in [2.75, 3.05) is 59.0 Å². The minimum absolute atomic E-state index is 0.226. The molecule has 0 aliphatic rings. The second-order valence-corrected chi connectivity index (χ2v) is 19.6. The SMILES string of the molecule is CCCC[N+](CCCC)(CCCC)CCCC.CCCC[N+](CCCC)(CCCC)CCCC.Cc1ccccc1C(CCCCCOB([O-])[O-])(c1ccccc1C)c1ccccc1C. The summed E-state index contributed by atoms with van der Waals surface area (Å²) >= 11 is 0. The first-order chi connectivity index (χ1) is 31.4. The maximum atomic E-state index is 10.6. The molecule has 0 spiro atoms. The van der Waals surface area contributed by atoms with Crippen LogP contribution in [0.5, 0.6) is 0 Å². The van der Waals surface area contributed by atoms with Crippen LogP contribution in [0, 0.1) is 20.8 Å². The maximum Gasteiger partial charge on any atom is 0.0786 e. The van der Waals surface area contributed by atoms with E-state index in [9.17, 15) is 10.0 Å². The number of nitrogens with zero attached hydrogens (tertiary/aromatic N) is 2. The van der Waals surface area contributed by atoms with Crippen molar-refractivity contribution in [3.63, 3.8) is 0 Å². The predicted molar refractivity (Wildman–Crippen MR) is 282 cm³/mol. The highest BCUT2D eigenvalue weighted by molar-refractivity contribution is 6.28. The van der Waals surface area contributed by atoms with Crippen molar-refractivity contribution >= 4 is 7.32 Å². The van der Waals surface area contributed by atoms with E-state index in [0.717, 1.165) is 19.3 Å². The normalized spacial score (nSPS) is 11.8. The summed E-state index contributed by atoms with van der Waals surface area (Å²) in [5.41, 5.74) is 7.54. The molecule has 5 nitrogen and oxygen atoms in total. The Balaban J connectivity index is 0.000000532. The van der Waals surface area contributed by atoms with Gasteiger partial charge in [0.05, 0.1) is 59.7 Å². The molecule has 0 bridgehead atoms. The minimum Gasteiger partial charge on any atom is -0.871 e. The Kier molecular flexibility index (Phi) is 34.0. The fraction of sp³-hybridized carbons (Fsp3) is 0.695. The monoisotopic (exact) mass is 899 g/mol. The quantitative estimate of drug-likeness (QED) is 0.0260. The third-order valence-electron chi connectivity index (χ3n) is 14.2. The molecule has 0 N–H and O–H groups in total. The topological polar surface area (TPSA) is 55.3 Å². The van der Waals surface area contributed by atoms with E-state index in [4.69, 9.17) is 0 Å². The lowest BCUT2D eigenvalue weighted by Crippen LogP contribution is -2.50. The van der Waals surface area contributed by atoms with E-state index in [0.29, 0.717) is 6.42 Å². The Morgan fingerprint density at radius 3 is 0.877 bits per heavy atom. The van der Waals surface area contributed by atoms with E-state index < -0.39 is 7.32 Å². The van der Waals surface area contributed by atoms with Crippen molar-refractivity contribution in [1.82, 2.24) is 0 Å². The van der Waals surface area contributed by atoms with Crippen molar-refractivity contribution in [3.05, 3.63) is 106 Å². The van der Waals surface area contributed by atoms with Gasteiger partial charge in [0.15, 0.2) is 0 Å². The lowest BCUT2D eigenvalue weighted by atomic mass is 9.63. The molecule has 370 valence electrons. The van der Waals surface area contributed by atoms with E-state index >= 15 is 0 Å².